The van der Waals surface area contributed by atoms with Gasteiger partial charge in [0.1, 0.15) is 0 Å². The zero-order valence-electron chi connectivity index (χ0n) is 10.3. The Morgan fingerprint density at radius 2 is 2.18 bits per heavy atom. The number of benzene rings is 1. The zero-order valence-corrected chi connectivity index (χ0v) is 14.0. The Hall–Kier alpha value is 0.350. The summed E-state index contributed by atoms with van der Waals surface area (Å²) in [6.07, 6.45) is 1.06. The third-order valence-corrected chi connectivity index (χ3v) is 3.81. The first-order valence-corrected chi connectivity index (χ1v) is 7.82. The standard InChI is InChI=1S/C13H19BrINO/c1-3-7-17-9-13(16-4-2)11-8-10(15)5-6-12(11)14/h5-6,8,13,16H,3-4,7,9H2,1-2H3. The molecule has 0 heterocycles. The lowest BCUT2D eigenvalue weighted by molar-refractivity contribution is 0.112. The minimum atomic E-state index is 0.260. The van der Waals surface area contributed by atoms with Crippen molar-refractivity contribution in [1.29, 1.82) is 0 Å². The largest absolute Gasteiger partial charge is 0.379 e. The van der Waals surface area contributed by atoms with Gasteiger partial charge in [-0.3, -0.25) is 0 Å². The van der Waals surface area contributed by atoms with Crippen molar-refractivity contribution < 1.29 is 4.74 Å². The molecule has 1 N–H and O–H groups in total. The van der Waals surface area contributed by atoms with Crippen LogP contribution in [0.2, 0.25) is 0 Å². The van der Waals surface area contributed by atoms with E-state index in [1.165, 1.54) is 9.13 Å². The highest BCUT2D eigenvalue weighted by Crippen LogP contribution is 2.25. The molecule has 2 nitrogen and oxygen atoms in total. The van der Waals surface area contributed by atoms with Gasteiger partial charge in [-0.25, -0.2) is 0 Å². The van der Waals surface area contributed by atoms with Crippen LogP contribution in [0.3, 0.4) is 0 Å². The van der Waals surface area contributed by atoms with Crippen LogP contribution in [-0.4, -0.2) is 19.8 Å². The number of hydrogen-bond acceptors (Lipinski definition) is 2. The lowest BCUT2D eigenvalue weighted by atomic mass is 10.1. The number of nitrogens with one attached hydrogen (secondary N) is 1. The monoisotopic (exact) mass is 411 g/mol. The van der Waals surface area contributed by atoms with Crippen LogP contribution >= 0.6 is 38.5 Å². The summed E-state index contributed by atoms with van der Waals surface area (Å²) in [6, 6.07) is 6.66. The molecule has 1 aromatic carbocycles. The van der Waals surface area contributed by atoms with E-state index in [2.05, 4.69) is 75.9 Å². The van der Waals surface area contributed by atoms with Crippen molar-refractivity contribution in [2.45, 2.75) is 26.3 Å². The summed E-state index contributed by atoms with van der Waals surface area (Å²) in [5.74, 6) is 0. The van der Waals surface area contributed by atoms with Crippen LogP contribution in [0.5, 0.6) is 0 Å². The molecular weight excluding hydrogens is 393 g/mol. The van der Waals surface area contributed by atoms with Crippen LogP contribution < -0.4 is 5.32 Å². The molecule has 1 atom stereocenters. The first kappa shape index (κ1) is 15.4. The van der Waals surface area contributed by atoms with Crippen molar-refractivity contribution in [2.75, 3.05) is 19.8 Å². The summed E-state index contributed by atoms with van der Waals surface area (Å²) in [5.41, 5.74) is 1.27. The number of halogens is 2. The molecule has 0 saturated heterocycles. The summed E-state index contributed by atoms with van der Waals surface area (Å²) in [5, 5.41) is 3.47. The summed E-state index contributed by atoms with van der Waals surface area (Å²) >= 11 is 5.95. The van der Waals surface area contributed by atoms with Gasteiger partial charge in [0, 0.05) is 14.6 Å². The molecule has 0 fully saturated rings. The number of hydrogen-bond donors (Lipinski definition) is 1. The van der Waals surface area contributed by atoms with Crippen molar-refractivity contribution in [3.8, 4) is 0 Å². The third-order valence-electron chi connectivity index (χ3n) is 2.42. The van der Waals surface area contributed by atoms with Gasteiger partial charge < -0.3 is 10.1 Å². The van der Waals surface area contributed by atoms with E-state index in [1.54, 1.807) is 0 Å². The number of rotatable bonds is 7. The Balaban J connectivity index is 2.77. The molecule has 1 rings (SSSR count). The predicted molar refractivity (Wildman–Crippen MR) is 84.4 cm³/mol. The highest BCUT2D eigenvalue weighted by Gasteiger charge is 2.14. The summed E-state index contributed by atoms with van der Waals surface area (Å²) in [4.78, 5) is 0. The molecule has 0 aromatic heterocycles. The van der Waals surface area contributed by atoms with Gasteiger partial charge in [0.25, 0.3) is 0 Å². The van der Waals surface area contributed by atoms with Crippen molar-refractivity contribution >= 4 is 38.5 Å². The lowest BCUT2D eigenvalue weighted by Crippen LogP contribution is -2.26. The maximum atomic E-state index is 5.66. The van der Waals surface area contributed by atoms with Gasteiger partial charge in [0.2, 0.25) is 0 Å². The molecule has 0 amide bonds. The third kappa shape index (κ3) is 5.24. The Morgan fingerprint density at radius 3 is 2.82 bits per heavy atom. The molecule has 0 spiro atoms. The minimum absolute atomic E-state index is 0.260. The fourth-order valence-corrected chi connectivity index (χ4v) is 2.67. The maximum Gasteiger partial charge on any atom is 0.0661 e. The molecule has 0 aliphatic rings. The highest BCUT2D eigenvalue weighted by atomic mass is 127. The fraction of sp³-hybridized carbons (Fsp3) is 0.538. The van der Waals surface area contributed by atoms with E-state index in [4.69, 9.17) is 4.74 Å². The molecule has 17 heavy (non-hydrogen) atoms. The topological polar surface area (TPSA) is 21.3 Å². The van der Waals surface area contributed by atoms with Gasteiger partial charge in [-0.05, 0) is 59.3 Å². The van der Waals surface area contributed by atoms with Gasteiger partial charge >= 0.3 is 0 Å². The lowest BCUT2D eigenvalue weighted by Gasteiger charge is -2.20. The van der Waals surface area contributed by atoms with Crippen LogP contribution in [0.15, 0.2) is 22.7 Å². The molecule has 4 heteroatoms. The van der Waals surface area contributed by atoms with E-state index in [0.717, 1.165) is 30.7 Å². The molecule has 0 bridgehead atoms. The second kappa shape index (κ2) is 8.45. The molecule has 1 aromatic rings. The SMILES string of the molecule is CCCOCC(NCC)c1cc(I)ccc1Br. The Kier molecular flexibility index (Phi) is 7.66. The van der Waals surface area contributed by atoms with E-state index in [-0.39, 0.29) is 6.04 Å². The first-order valence-electron chi connectivity index (χ1n) is 5.95. The summed E-state index contributed by atoms with van der Waals surface area (Å²) in [7, 11) is 0. The quantitative estimate of drug-likeness (QED) is 0.538. The van der Waals surface area contributed by atoms with E-state index in [0.29, 0.717) is 0 Å². The van der Waals surface area contributed by atoms with Gasteiger partial charge in [0.05, 0.1) is 12.6 Å². The minimum Gasteiger partial charge on any atom is -0.379 e. The average molecular weight is 412 g/mol. The van der Waals surface area contributed by atoms with Gasteiger partial charge in [0.15, 0.2) is 0 Å². The van der Waals surface area contributed by atoms with Gasteiger partial charge in [-0.1, -0.05) is 29.8 Å². The van der Waals surface area contributed by atoms with Crippen molar-refractivity contribution in [3.63, 3.8) is 0 Å². The normalized spacial score (nSPS) is 12.7. The molecule has 1 unspecified atom stereocenters. The van der Waals surface area contributed by atoms with Crippen molar-refractivity contribution in [3.05, 3.63) is 31.8 Å². The number of likely N-dealkylation sites (N-methyl/N-ethyl adjacent to an activating group) is 1. The smallest absolute Gasteiger partial charge is 0.0661 e. The number of ether oxygens (including phenoxy) is 1. The first-order chi connectivity index (χ1) is 8.19. The Morgan fingerprint density at radius 1 is 1.41 bits per heavy atom. The van der Waals surface area contributed by atoms with Gasteiger partial charge in [-0.2, -0.15) is 0 Å². The Bertz CT molecular complexity index is 346. The van der Waals surface area contributed by atoms with E-state index in [1.807, 2.05) is 0 Å². The highest BCUT2D eigenvalue weighted by molar-refractivity contribution is 14.1. The van der Waals surface area contributed by atoms with Gasteiger partial charge in [-0.15, -0.1) is 0 Å². The molecule has 0 aliphatic heterocycles. The van der Waals surface area contributed by atoms with E-state index >= 15 is 0 Å². The molecule has 0 saturated carbocycles. The van der Waals surface area contributed by atoms with Crippen LogP contribution in [0, 0.1) is 3.57 Å². The maximum absolute atomic E-state index is 5.66. The summed E-state index contributed by atoms with van der Waals surface area (Å²) < 4.78 is 8.05. The second-order valence-corrected chi connectivity index (χ2v) is 5.95. The summed E-state index contributed by atoms with van der Waals surface area (Å²) in [6.45, 7) is 6.74. The Labute approximate surface area is 126 Å². The van der Waals surface area contributed by atoms with E-state index < -0.39 is 0 Å². The van der Waals surface area contributed by atoms with E-state index in [9.17, 15) is 0 Å². The van der Waals surface area contributed by atoms with Crippen LogP contribution in [0.1, 0.15) is 31.9 Å². The van der Waals surface area contributed by atoms with Crippen LogP contribution in [0.25, 0.3) is 0 Å². The van der Waals surface area contributed by atoms with Crippen LogP contribution in [-0.2, 0) is 4.74 Å². The predicted octanol–water partition coefficient (Wildman–Crippen LogP) is 4.13. The molecule has 96 valence electrons. The molecular formula is C13H19BrINO. The average Bonchev–Trinajstić information content (AvgIpc) is 2.32. The van der Waals surface area contributed by atoms with Crippen molar-refractivity contribution in [2.24, 2.45) is 0 Å². The zero-order chi connectivity index (χ0) is 12.7. The van der Waals surface area contributed by atoms with Crippen LogP contribution in [0.4, 0.5) is 0 Å². The van der Waals surface area contributed by atoms with Crippen molar-refractivity contribution in [1.82, 2.24) is 5.32 Å². The second-order valence-electron chi connectivity index (χ2n) is 3.85. The molecule has 0 radical (unpaired) electrons. The fourth-order valence-electron chi connectivity index (χ4n) is 1.63. The molecule has 0 aliphatic carbocycles.